The number of hydrogen-bond acceptors (Lipinski definition) is 6. The van der Waals surface area contributed by atoms with Crippen molar-refractivity contribution >= 4 is 17.0 Å². The van der Waals surface area contributed by atoms with Gasteiger partial charge in [-0.3, -0.25) is 9.80 Å². The largest absolute Gasteiger partial charge is 0.390 e. The van der Waals surface area contributed by atoms with Crippen LogP contribution in [-0.2, 0) is 6.54 Å². The van der Waals surface area contributed by atoms with Gasteiger partial charge in [0.2, 0.25) is 12.4 Å². The highest BCUT2D eigenvalue weighted by molar-refractivity contribution is 5.94. The van der Waals surface area contributed by atoms with Crippen LogP contribution in [0.15, 0.2) is 36.7 Å². The Morgan fingerprint density at radius 1 is 1.05 bits per heavy atom. The van der Waals surface area contributed by atoms with Crippen LogP contribution in [0.1, 0.15) is 71.4 Å². The molecule has 1 aliphatic carbocycles. The molecule has 3 aromatic rings. The third-order valence-corrected chi connectivity index (χ3v) is 8.71. The number of nitrogens with zero attached hydrogens (tertiary/aromatic N) is 5. The third-order valence-electron chi connectivity index (χ3n) is 8.71. The molecule has 2 N–H and O–H groups in total. The van der Waals surface area contributed by atoms with Crippen molar-refractivity contribution in [1.82, 2.24) is 24.3 Å². The molecule has 2 aliphatic rings. The normalized spacial score (nSPS) is 23.8. The SMILES string of the molecule is CC(C)N1CCN(Cc2ccc(-c3cn([C@H]4CC[C@](C)(O)CC4)c4nc(N[C@@H](C)CC(F)F)ncc34)cc2)CC1. The number of halogens is 2. The molecule has 0 bridgehead atoms. The number of aliphatic hydroxyl groups is 1. The molecule has 0 amide bonds. The van der Waals surface area contributed by atoms with Crippen molar-refractivity contribution in [2.75, 3.05) is 31.5 Å². The predicted octanol–water partition coefficient (Wildman–Crippen LogP) is 5.95. The van der Waals surface area contributed by atoms with E-state index in [4.69, 9.17) is 4.98 Å². The first-order valence-corrected chi connectivity index (χ1v) is 14.8. The fraction of sp³-hybridized carbons (Fsp3) is 0.613. The van der Waals surface area contributed by atoms with Crippen LogP contribution >= 0.6 is 0 Å². The summed E-state index contributed by atoms with van der Waals surface area (Å²) in [5.41, 5.74) is 3.64. The van der Waals surface area contributed by atoms with Crippen LogP contribution in [0.5, 0.6) is 0 Å². The molecule has 1 atom stereocenters. The van der Waals surface area contributed by atoms with Crippen molar-refractivity contribution in [3.8, 4) is 11.1 Å². The molecule has 1 saturated carbocycles. The Morgan fingerprint density at radius 2 is 1.73 bits per heavy atom. The molecule has 0 unspecified atom stereocenters. The Labute approximate surface area is 236 Å². The lowest BCUT2D eigenvalue weighted by atomic mass is 9.83. The van der Waals surface area contributed by atoms with E-state index in [0.29, 0.717) is 12.0 Å². The third kappa shape index (κ3) is 6.81. The van der Waals surface area contributed by atoms with Crippen molar-refractivity contribution in [3.63, 3.8) is 0 Å². The molecular formula is C31H44F2N6O. The molecule has 40 heavy (non-hydrogen) atoms. The number of fused-ring (bicyclic) bond motifs is 1. The van der Waals surface area contributed by atoms with Crippen molar-refractivity contribution in [2.24, 2.45) is 0 Å². The minimum atomic E-state index is -2.38. The number of piperazine rings is 1. The van der Waals surface area contributed by atoms with E-state index in [-0.39, 0.29) is 12.5 Å². The molecule has 2 aromatic heterocycles. The van der Waals surface area contributed by atoms with Crippen LogP contribution in [0.4, 0.5) is 14.7 Å². The minimum Gasteiger partial charge on any atom is -0.390 e. The van der Waals surface area contributed by atoms with Gasteiger partial charge >= 0.3 is 0 Å². The zero-order chi connectivity index (χ0) is 28.4. The predicted molar refractivity (Wildman–Crippen MR) is 157 cm³/mol. The molecular weight excluding hydrogens is 510 g/mol. The summed E-state index contributed by atoms with van der Waals surface area (Å²) >= 11 is 0. The first-order chi connectivity index (χ1) is 19.1. The molecule has 218 valence electrons. The van der Waals surface area contributed by atoms with E-state index in [2.05, 4.69) is 69.0 Å². The average Bonchev–Trinajstić information content (AvgIpc) is 3.28. The van der Waals surface area contributed by atoms with Gasteiger partial charge in [-0.1, -0.05) is 24.3 Å². The Morgan fingerprint density at radius 3 is 2.35 bits per heavy atom. The standard InChI is InChI=1S/C31H44F2N6O/c1-21(2)38-15-13-37(14-16-38)19-23-5-7-24(8-6-23)27-20-39(25-9-11-31(4,40)12-10-25)29-26(27)18-34-30(36-29)35-22(3)17-28(32)33/h5-8,18,20-22,25,28,40H,9-17,19H2,1-4H3,(H,34,35,36)/t22-,25-,31-/m0/s1. The van der Waals surface area contributed by atoms with Crippen LogP contribution in [0.3, 0.4) is 0 Å². The fourth-order valence-corrected chi connectivity index (χ4v) is 6.14. The van der Waals surface area contributed by atoms with Crippen LogP contribution in [0, 0.1) is 0 Å². The van der Waals surface area contributed by atoms with E-state index >= 15 is 0 Å². The van der Waals surface area contributed by atoms with Gasteiger partial charge in [0, 0.05) is 80.6 Å². The van der Waals surface area contributed by atoms with Crippen LogP contribution in [0.25, 0.3) is 22.2 Å². The number of anilines is 1. The Balaban J connectivity index is 1.39. The summed E-state index contributed by atoms with van der Waals surface area (Å²) in [6.07, 6.45) is 4.50. The second-order valence-corrected chi connectivity index (χ2v) is 12.4. The van der Waals surface area contributed by atoms with E-state index in [9.17, 15) is 13.9 Å². The lowest BCUT2D eigenvalue weighted by molar-refractivity contribution is 0.0104. The van der Waals surface area contributed by atoms with Gasteiger partial charge in [-0.05, 0) is 64.5 Å². The maximum absolute atomic E-state index is 12.9. The van der Waals surface area contributed by atoms with E-state index in [1.54, 1.807) is 6.92 Å². The van der Waals surface area contributed by atoms with Crippen molar-refractivity contribution in [2.45, 2.75) is 96.5 Å². The summed E-state index contributed by atoms with van der Waals surface area (Å²) in [5.74, 6) is 0.363. The van der Waals surface area contributed by atoms with Gasteiger partial charge in [0.1, 0.15) is 5.65 Å². The summed E-state index contributed by atoms with van der Waals surface area (Å²) in [4.78, 5) is 14.4. The summed E-state index contributed by atoms with van der Waals surface area (Å²) in [6.45, 7) is 13.5. The number of nitrogens with one attached hydrogen (secondary N) is 1. The average molecular weight is 555 g/mol. The Kier molecular flexibility index (Phi) is 8.73. The monoisotopic (exact) mass is 554 g/mol. The highest BCUT2D eigenvalue weighted by Gasteiger charge is 2.31. The van der Waals surface area contributed by atoms with Gasteiger partial charge < -0.3 is 15.0 Å². The second-order valence-electron chi connectivity index (χ2n) is 12.4. The van der Waals surface area contributed by atoms with Gasteiger partial charge in [-0.2, -0.15) is 4.98 Å². The summed E-state index contributed by atoms with van der Waals surface area (Å²) in [5, 5.41) is 14.5. The maximum Gasteiger partial charge on any atom is 0.240 e. The van der Waals surface area contributed by atoms with Crippen LogP contribution in [-0.4, -0.2) is 79.7 Å². The van der Waals surface area contributed by atoms with Crippen LogP contribution in [0.2, 0.25) is 0 Å². The van der Waals surface area contributed by atoms with E-state index < -0.39 is 18.1 Å². The van der Waals surface area contributed by atoms with Gasteiger partial charge in [0.15, 0.2) is 0 Å². The minimum absolute atomic E-state index is 0.210. The van der Waals surface area contributed by atoms with Gasteiger partial charge in [0.05, 0.1) is 5.60 Å². The fourth-order valence-electron chi connectivity index (χ4n) is 6.14. The van der Waals surface area contributed by atoms with Crippen molar-refractivity contribution in [1.29, 1.82) is 0 Å². The van der Waals surface area contributed by atoms with E-state index in [1.807, 2.05) is 13.1 Å². The molecule has 0 radical (unpaired) electrons. The van der Waals surface area contributed by atoms with Crippen LogP contribution < -0.4 is 5.32 Å². The molecule has 9 heteroatoms. The van der Waals surface area contributed by atoms with Gasteiger partial charge in [-0.25, -0.2) is 13.8 Å². The molecule has 3 heterocycles. The summed E-state index contributed by atoms with van der Waals surface area (Å²) in [6, 6.07) is 9.17. The number of aromatic nitrogens is 3. The molecule has 1 aromatic carbocycles. The molecule has 2 fully saturated rings. The Bertz CT molecular complexity index is 1260. The number of rotatable bonds is 9. The number of benzene rings is 1. The second kappa shape index (κ2) is 12.1. The number of alkyl halides is 2. The molecule has 0 spiro atoms. The molecule has 7 nitrogen and oxygen atoms in total. The molecule has 5 rings (SSSR count). The lowest BCUT2D eigenvalue weighted by Crippen LogP contribution is -2.48. The number of hydrogen-bond donors (Lipinski definition) is 2. The zero-order valence-corrected chi connectivity index (χ0v) is 24.3. The smallest absolute Gasteiger partial charge is 0.240 e. The van der Waals surface area contributed by atoms with E-state index in [1.165, 1.54) is 5.56 Å². The van der Waals surface area contributed by atoms with Gasteiger partial charge in [-0.15, -0.1) is 0 Å². The lowest BCUT2D eigenvalue weighted by Gasteiger charge is -2.36. The molecule has 1 aliphatic heterocycles. The Hall–Kier alpha value is -2.62. The first-order valence-electron chi connectivity index (χ1n) is 14.8. The quantitative estimate of drug-likeness (QED) is 0.341. The maximum atomic E-state index is 12.9. The topological polar surface area (TPSA) is 69.5 Å². The summed E-state index contributed by atoms with van der Waals surface area (Å²) < 4.78 is 28.0. The zero-order valence-electron chi connectivity index (χ0n) is 24.3. The van der Waals surface area contributed by atoms with Gasteiger partial charge in [0.25, 0.3) is 0 Å². The van der Waals surface area contributed by atoms with Crippen molar-refractivity contribution < 1.29 is 13.9 Å². The first kappa shape index (κ1) is 28.9. The van der Waals surface area contributed by atoms with Crippen molar-refractivity contribution in [3.05, 3.63) is 42.2 Å². The molecule has 1 saturated heterocycles. The highest BCUT2D eigenvalue weighted by Crippen LogP contribution is 2.39. The highest BCUT2D eigenvalue weighted by atomic mass is 19.3. The van der Waals surface area contributed by atoms with E-state index in [0.717, 1.165) is 80.6 Å². The summed E-state index contributed by atoms with van der Waals surface area (Å²) in [7, 11) is 0.